The summed E-state index contributed by atoms with van der Waals surface area (Å²) in [5.41, 5.74) is 14.8. The number of nitrogens with zero attached hydrogens (tertiary/aromatic N) is 12. The van der Waals surface area contributed by atoms with Crippen molar-refractivity contribution in [2.45, 2.75) is 272 Å². The molecule has 0 saturated carbocycles. The van der Waals surface area contributed by atoms with Crippen molar-refractivity contribution in [3.63, 3.8) is 0 Å². The molecule has 8 aromatic rings. The third-order valence-corrected chi connectivity index (χ3v) is 31.5. The van der Waals surface area contributed by atoms with E-state index in [1.54, 1.807) is 104 Å². The zero-order chi connectivity index (χ0) is 106. The number of nitrogens with one attached hydrogen (secondary N) is 1. The number of Topliss-reactive ketones (excluding diaryl/α,β-unsaturated/α-hetero) is 2. The molecule has 5 N–H and O–H groups in total. The van der Waals surface area contributed by atoms with Gasteiger partial charge in [0.15, 0.2) is 15.5 Å². The number of imide groups is 1. The van der Waals surface area contributed by atoms with Gasteiger partial charge in [0.05, 0.1) is 44.5 Å². The Kier molecular flexibility index (Phi) is 47.2. The molecule has 3 amide bonds. The highest BCUT2D eigenvalue weighted by Crippen LogP contribution is 2.42. The Morgan fingerprint density at radius 1 is 0.450 bits per heavy atom. The maximum Gasteiger partial charge on any atom is 0.426 e. The molecule has 0 bridgehead atoms. The molecule has 0 radical (unpaired) electrons. The van der Waals surface area contributed by atoms with Crippen molar-refractivity contribution in [2.75, 3.05) is 11.5 Å². The van der Waals surface area contributed by atoms with Crippen LogP contribution in [0.3, 0.4) is 0 Å². The number of pyridine rings is 7. The van der Waals surface area contributed by atoms with Crippen molar-refractivity contribution in [3.8, 4) is 0 Å². The van der Waals surface area contributed by atoms with Crippen LogP contribution in [0.1, 0.15) is 263 Å². The van der Waals surface area contributed by atoms with Crippen LogP contribution in [0.5, 0.6) is 0 Å². The molecule has 758 valence electrons. The van der Waals surface area contributed by atoms with Crippen LogP contribution < -0.4 is 16.8 Å². The summed E-state index contributed by atoms with van der Waals surface area (Å²) >= 11 is 28.1. The van der Waals surface area contributed by atoms with E-state index in [1.807, 2.05) is 241 Å². The molecule has 7 aromatic heterocycles. The summed E-state index contributed by atoms with van der Waals surface area (Å²) in [5.74, 6) is 1.00. The smallest absolute Gasteiger partial charge is 0.426 e. The SMILES string of the molecule is C=C(C)C[C@](C)(C[S@](=O)C(C)(C)C)c1cc(Br)ccn1.CC(=N[S@](=O)C(C)(C)C)c1cc(Br)ccn1.CC(=O)C[C@](C)(C[S@](=O)C(C)(C)C)c1cc(Br)ccn1.CC(=O)C[C@](C)(N)c1cc(Br)ccn1.CC1=C[C@@](C)(c2cc(Br)ccn2)N=C(N(C(=O)OC(C)(C)C)C(=O)OC(C)(C)C)S1.CC1=C[C@@](C)(c2cc(Br)ccn2)N=C(N)S1.CC1=C[C@@](C)(c2cc(Br)ccn2)N=C(NC(=O)c2ccccc2)S1. The van der Waals surface area contributed by atoms with Crippen molar-refractivity contribution in [2.24, 2.45) is 30.8 Å². The van der Waals surface area contributed by atoms with E-state index in [1.165, 1.54) is 42.2 Å². The van der Waals surface area contributed by atoms with Crippen molar-refractivity contribution in [1.29, 1.82) is 0 Å². The van der Waals surface area contributed by atoms with Gasteiger partial charge in [0.25, 0.3) is 5.91 Å². The first-order valence-electron chi connectivity index (χ1n) is 44.2. The Balaban J connectivity index is 0.000000292. The molecule has 0 unspecified atom stereocenters. The van der Waals surface area contributed by atoms with Gasteiger partial charge < -0.3 is 26.3 Å². The number of benzene rings is 1. The van der Waals surface area contributed by atoms with Crippen molar-refractivity contribution in [1.82, 2.24) is 45.1 Å². The lowest BCUT2D eigenvalue weighted by molar-refractivity contribution is -0.118. The Hall–Kier alpha value is -6.92. The lowest BCUT2D eigenvalue weighted by atomic mass is 9.82. The first-order valence-corrected chi connectivity index (χ1v) is 55.9. The number of nitrogens with two attached hydrogens (primary N) is 2. The zero-order valence-corrected chi connectivity index (χ0v) is 101. The maximum atomic E-state index is 13.0. The number of amides is 3. The van der Waals surface area contributed by atoms with Crippen molar-refractivity contribution >= 4 is 230 Å². The van der Waals surface area contributed by atoms with Gasteiger partial charge in [-0.15, -0.1) is 6.58 Å². The Bertz CT molecular complexity index is 5910. The number of carbonyl (C=O) groups is 5. The van der Waals surface area contributed by atoms with Crippen LogP contribution in [-0.2, 0) is 84.6 Å². The highest BCUT2D eigenvalue weighted by Gasteiger charge is 2.42. The van der Waals surface area contributed by atoms with Crippen molar-refractivity contribution in [3.05, 3.63) is 280 Å². The summed E-state index contributed by atoms with van der Waals surface area (Å²) < 4.78 is 57.7. The Morgan fingerprint density at radius 2 is 0.800 bits per heavy atom. The lowest BCUT2D eigenvalue weighted by Crippen LogP contribution is -2.47. The average molecular weight is 2480 g/mol. The summed E-state index contributed by atoms with van der Waals surface area (Å²) in [7, 11) is -3.21. The van der Waals surface area contributed by atoms with Gasteiger partial charge >= 0.3 is 12.2 Å². The highest BCUT2D eigenvalue weighted by atomic mass is 79.9. The number of amidine groups is 3. The third kappa shape index (κ3) is 41.9. The first-order chi connectivity index (χ1) is 64.4. The number of rotatable bonds is 19. The monoisotopic (exact) mass is 2470 g/mol. The van der Waals surface area contributed by atoms with Gasteiger partial charge in [-0.1, -0.05) is 184 Å². The van der Waals surface area contributed by atoms with Crippen LogP contribution in [0, 0.1) is 0 Å². The van der Waals surface area contributed by atoms with Crippen LogP contribution >= 0.6 is 147 Å². The van der Waals surface area contributed by atoms with Crippen LogP contribution in [0.25, 0.3) is 0 Å². The molecule has 11 rings (SSSR count). The number of aromatic nitrogens is 7. The number of halogens is 7. The Labute approximate surface area is 906 Å². The summed E-state index contributed by atoms with van der Waals surface area (Å²) in [6, 6.07) is 35.5. The van der Waals surface area contributed by atoms with Gasteiger partial charge in [0.2, 0.25) is 0 Å². The molecule has 38 heteroatoms. The summed E-state index contributed by atoms with van der Waals surface area (Å²) in [6.45, 7) is 56.6. The molecule has 0 saturated heterocycles. The minimum absolute atomic E-state index is 0.0665. The number of hydrogen-bond donors (Lipinski definition) is 3. The number of hydrogen-bond acceptors (Lipinski definition) is 25. The fourth-order valence-corrected chi connectivity index (χ4v) is 21.5. The zero-order valence-electron chi connectivity index (χ0n) is 84.7. The fraction of sp³-hybridized carbons (Fsp3) is 0.431. The molecule has 9 atom stereocenters. The summed E-state index contributed by atoms with van der Waals surface area (Å²) in [6.07, 6.45) is 17.9. The van der Waals surface area contributed by atoms with Gasteiger partial charge in [-0.05, 0) is 316 Å². The molecular weight excluding hydrogens is 2350 g/mol. The number of allylic oxidation sites excluding steroid dienone is 4. The third-order valence-electron chi connectivity index (χ3n) is 19.6. The molecule has 0 fully saturated rings. The quantitative estimate of drug-likeness (QED) is 0.0500. The normalized spacial score (nSPS) is 18.4. The largest absolute Gasteiger partial charge is 0.443 e. The maximum absolute atomic E-state index is 13.0. The number of thioether (sulfide) groups is 3. The summed E-state index contributed by atoms with van der Waals surface area (Å²) in [4.78, 5) is 109. The second-order valence-corrected chi connectivity index (χ2v) is 56.0. The number of ketones is 2. The number of aliphatic imine (C=N–C) groups is 3. The topological polar surface area (TPSA) is 362 Å². The van der Waals surface area contributed by atoms with E-state index in [0.29, 0.717) is 51.7 Å². The van der Waals surface area contributed by atoms with E-state index in [9.17, 15) is 36.6 Å². The van der Waals surface area contributed by atoms with Crippen LogP contribution in [0.2, 0.25) is 0 Å². The first kappa shape index (κ1) is 124. The molecule has 25 nitrogen and oxygen atoms in total. The molecule has 3 aliphatic rings. The van der Waals surface area contributed by atoms with E-state index in [-0.39, 0.29) is 42.3 Å². The molecule has 140 heavy (non-hydrogen) atoms. The second-order valence-electron chi connectivity index (χ2n) is 39.6. The second kappa shape index (κ2) is 53.4. The number of ether oxygens (including phenoxy) is 2. The predicted molar refractivity (Wildman–Crippen MR) is 606 cm³/mol. The van der Waals surface area contributed by atoms with Gasteiger partial charge in [-0.3, -0.25) is 57.7 Å². The van der Waals surface area contributed by atoms with Crippen LogP contribution in [0.15, 0.2) is 254 Å². The van der Waals surface area contributed by atoms with Gasteiger partial charge in [-0.25, -0.2) is 28.8 Å². The molecule has 1 aromatic carbocycles. The van der Waals surface area contributed by atoms with Crippen LogP contribution in [0.4, 0.5) is 9.59 Å². The Morgan fingerprint density at radius 3 is 1.16 bits per heavy atom. The van der Waals surface area contributed by atoms with E-state index < -0.39 is 83.5 Å². The minimum atomic E-state index is -1.24. The van der Waals surface area contributed by atoms with Gasteiger partial charge in [-0.2, -0.15) is 9.30 Å². The molecular formula is C102H130Br7N15O10S6. The average Bonchev–Trinajstić information content (AvgIpc) is 0.770. The number of carbonyl (C=O) groups excluding carboxylic acids is 5. The standard InChI is InChI=1S/C21H28BrN3O4S.C18H16BrN3OS.C16H24BrNOS.C15H22BrNO2S.C11H12BrN3S.C11H15BrN2OS.C10H13BrN2O/c1-13-12-21(8,15-11-14(22)9-10-23-15)24-16(30-13)25(17(26)28-19(2,3)4)18(27)29-20(5,6)7;1-12-11-18(2,15-10-14(19)8-9-20-15)22-17(24-12)21-16(23)13-6-4-3-5-7-13;1-12(2)10-16(6,11-20(19)15(3,4)5)14-9-13(17)7-8-18-14;1-11(18)9-15(5,10-20(19)14(2,3)4)13-8-12(16)6-7-17-13;1-7-6-11(2,15-10(13)16-7)9-5-8(12)3-4-14-9;1-8(14-16(15)11(2,3)4)10-7-9(12)5-6-13-10;1-7(14)6-10(2,12)9-5-8(11)3-4-13-9/h9-12H,1-8H3;3-11H,1-2H3,(H,21,22,23);7-9H,1,10-11H2,2-6H3;6-8H,9-10H2,1-5H3;3-6H,1-2H3,(H2,13,15);5-7H,1-4H3;3-5H,6,12H2,1-2H3/t21-;18-;16-,20+;15-,20+;11-;16-;10-/m0011010/s1. The van der Waals surface area contributed by atoms with Gasteiger partial charge in [0.1, 0.15) is 50.4 Å². The van der Waals surface area contributed by atoms with E-state index >= 15 is 0 Å². The summed E-state index contributed by atoms with van der Waals surface area (Å²) in [5, 5.41) is 4.23. The van der Waals surface area contributed by atoms with E-state index in [4.69, 9.17) is 30.9 Å². The van der Waals surface area contributed by atoms with Crippen molar-refractivity contribution < 1.29 is 46.1 Å². The molecule has 10 heterocycles. The van der Waals surface area contributed by atoms with E-state index in [2.05, 4.69) is 187 Å². The predicted octanol–water partition coefficient (Wildman–Crippen LogP) is 27.1. The molecule has 0 aliphatic carbocycles. The van der Waals surface area contributed by atoms with E-state index in [0.717, 1.165) is 97.1 Å². The fourth-order valence-electron chi connectivity index (χ4n) is 13.1. The lowest BCUT2D eigenvalue weighted by Gasteiger charge is -2.33. The van der Waals surface area contributed by atoms with Gasteiger partial charge in [0, 0.05) is 158 Å². The van der Waals surface area contributed by atoms with Crippen LogP contribution in [-0.4, -0.2) is 140 Å². The molecule has 3 aliphatic heterocycles. The minimum Gasteiger partial charge on any atom is -0.443 e. The highest BCUT2D eigenvalue weighted by molar-refractivity contribution is 9.11. The molecule has 0 spiro atoms.